The van der Waals surface area contributed by atoms with E-state index in [2.05, 4.69) is 5.32 Å². The van der Waals surface area contributed by atoms with Gasteiger partial charge in [-0.25, -0.2) is 8.42 Å². The number of carbonyl (C=O) groups excluding carboxylic acids is 2. The molecule has 9 nitrogen and oxygen atoms in total. The zero-order valence-electron chi connectivity index (χ0n) is 18.2. The third-order valence-electron chi connectivity index (χ3n) is 5.59. The van der Waals surface area contributed by atoms with Crippen LogP contribution in [0.2, 0.25) is 0 Å². The number of rotatable bonds is 6. The van der Waals surface area contributed by atoms with E-state index in [-0.39, 0.29) is 55.9 Å². The number of sulfonamides is 1. The average Bonchev–Trinajstić information content (AvgIpc) is 3.08. The van der Waals surface area contributed by atoms with Gasteiger partial charge in [0.2, 0.25) is 21.8 Å². The average molecular weight is 474 g/mol. The van der Waals surface area contributed by atoms with Crippen molar-refractivity contribution in [1.82, 2.24) is 14.5 Å². The summed E-state index contributed by atoms with van der Waals surface area (Å²) < 4.78 is 38.7. The molecular formula is C23H27N3O6S. The van der Waals surface area contributed by atoms with Crippen LogP contribution in [0.4, 0.5) is 0 Å². The zero-order chi connectivity index (χ0) is 23.3. The molecule has 0 aromatic heterocycles. The summed E-state index contributed by atoms with van der Waals surface area (Å²) in [4.78, 5) is 26.3. The van der Waals surface area contributed by atoms with Crippen LogP contribution in [0, 0.1) is 0 Å². The minimum Gasteiger partial charge on any atom is -0.490 e. The molecule has 2 aliphatic heterocycles. The molecule has 2 heterocycles. The summed E-state index contributed by atoms with van der Waals surface area (Å²) in [5.41, 5.74) is 0.871. The lowest BCUT2D eigenvalue weighted by Gasteiger charge is -2.34. The van der Waals surface area contributed by atoms with E-state index in [9.17, 15) is 18.0 Å². The van der Waals surface area contributed by atoms with Gasteiger partial charge in [0, 0.05) is 38.7 Å². The van der Waals surface area contributed by atoms with Crippen molar-refractivity contribution in [2.24, 2.45) is 0 Å². The highest BCUT2D eigenvalue weighted by molar-refractivity contribution is 7.89. The first-order chi connectivity index (χ1) is 15.9. The van der Waals surface area contributed by atoms with Crippen molar-refractivity contribution in [3.8, 4) is 11.5 Å². The molecule has 1 fully saturated rings. The van der Waals surface area contributed by atoms with Crippen molar-refractivity contribution < 1.29 is 27.5 Å². The maximum Gasteiger partial charge on any atom is 0.243 e. The molecule has 0 unspecified atom stereocenters. The number of amides is 2. The number of fused-ring (bicyclic) bond motifs is 1. The number of piperazine rings is 1. The minimum atomic E-state index is -3.73. The van der Waals surface area contributed by atoms with Gasteiger partial charge >= 0.3 is 0 Å². The molecule has 1 saturated heterocycles. The summed E-state index contributed by atoms with van der Waals surface area (Å²) in [6.07, 6.45) is 0.940. The fourth-order valence-corrected chi connectivity index (χ4v) is 5.20. The molecule has 2 amide bonds. The minimum absolute atomic E-state index is 0.111. The molecule has 33 heavy (non-hydrogen) atoms. The van der Waals surface area contributed by atoms with Gasteiger partial charge in [-0.05, 0) is 17.7 Å². The molecule has 2 aromatic carbocycles. The fraction of sp³-hybridized carbons (Fsp3) is 0.391. The highest BCUT2D eigenvalue weighted by Crippen LogP contribution is 2.33. The van der Waals surface area contributed by atoms with Crippen LogP contribution < -0.4 is 14.8 Å². The molecule has 2 aliphatic rings. The predicted molar refractivity (Wildman–Crippen MR) is 121 cm³/mol. The van der Waals surface area contributed by atoms with Gasteiger partial charge in [-0.3, -0.25) is 9.59 Å². The highest BCUT2D eigenvalue weighted by atomic mass is 32.2. The Bertz CT molecular complexity index is 1100. The highest BCUT2D eigenvalue weighted by Gasteiger charge is 2.31. The lowest BCUT2D eigenvalue weighted by Crippen LogP contribution is -2.52. The largest absolute Gasteiger partial charge is 0.490 e. The molecule has 176 valence electrons. The molecule has 0 bridgehead atoms. The van der Waals surface area contributed by atoms with Gasteiger partial charge in [0.15, 0.2) is 11.5 Å². The molecule has 0 aliphatic carbocycles. The standard InChI is InChI=1S/C23H27N3O6S/c27-22(15-18-5-2-1-3-6-18)24-17-23(28)25-9-11-26(12-10-25)33(29,30)19-7-8-20-21(16-19)32-14-4-13-31-20/h1-3,5-8,16H,4,9-15,17H2,(H,24,27). The van der Waals surface area contributed by atoms with E-state index in [0.717, 1.165) is 12.0 Å². The van der Waals surface area contributed by atoms with Crippen molar-refractivity contribution in [1.29, 1.82) is 0 Å². The molecule has 1 N–H and O–H groups in total. The van der Waals surface area contributed by atoms with E-state index in [4.69, 9.17) is 9.47 Å². The van der Waals surface area contributed by atoms with Crippen molar-refractivity contribution >= 4 is 21.8 Å². The molecule has 0 atom stereocenters. The second-order valence-corrected chi connectivity index (χ2v) is 9.82. The van der Waals surface area contributed by atoms with Crippen molar-refractivity contribution in [2.45, 2.75) is 17.7 Å². The first-order valence-electron chi connectivity index (χ1n) is 10.9. The van der Waals surface area contributed by atoms with Crippen LogP contribution in [0.5, 0.6) is 11.5 Å². The van der Waals surface area contributed by atoms with Crippen LogP contribution in [0.1, 0.15) is 12.0 Å². The summed E-state index contributed by atoms with van der Waals surface area (Å²) in [6.45, 7) is 1.77. The summed E-state index contributed by atoms with van der Waals surface area (Å²) in [5.74, 6) is 0.499. The Morgan fingerprint density at radius 2 is 1.61 bits per heavy atom. The van der Waals surface area contributed by atoms with E-state index in [1.807, 2.05) is 30.3 Å². The molecule has 0 spiro atoms. The molecule has 0 saturated carbocycles. The van der Waals surface area contributed by atoms with Crippen LogP contribution in [0.25, 0.3) is 0 Å². The molecule has 4 rings (SSSR count). The van der Waals surface area contributed by atoms with Crippen molar-refractivity contribution in [3.63, 3.8) is 0 Å². The number of carbonyl (C=O) groups is 2. The van der Waals surface area contributed by atoms with Crippen molar-refractivity contribution in [3.05, 3.63) is 54.1 Å². The van der Waals surface area contributed by atoms with Gasteiger partial charge < -0.3 is 19.7 Å². The second kappa shape index (κ2) is 10.2. The molecule has 10 heteroatoms. The maximum atomic E-state index is 13.1. The first-order valence-corrected chi connectivity index (χ1v) is 12.4. The molecule has 2 aromatic rings. The quantitative estimate of drug-likeness (QED) is 0.672. The van der Waals surface area contributed by atoms with Gasteiger partial charge in [0.25, 0.3) is 0 Å². The number of nitrogens with zero attached hydrogens (tertiary/aromatic N) is 2. The second-order valence-electron chi connectivity index (χ2n) is 7.88. The van der Waals surface area contributed by atoms with Crippen LogP contribution >= 0.6 is 0 Å². The van der Waals surface area contributed by atoms with Gasteiger partial charge in [-0.1, -0.05) is 30.3 Å². The van der Waals surface area contributed by atoms with E-state index < -0.39 is 10.0 Å². The Labute approximate surface area is 193 Å². The Hall–Kier alpha value is -3.11. The molecular weight excluding hydrogens is 446 g/mol. The zero-order valence-corrected chi connectivity index (χ0v) is 19.1. The Balaban J connectivity index is 1.29. The number of nitrogens with one attached hydrogen (secondary N) is 1. The topological polar surface area (TPSA) is 105 Å². The van der Waals surface area contributed by atoms with E-state index >= 15 is 0 Å². The van der Waals surface area contributed by atoms with E-state index in [1.165, 1.54) is 16.4 Å². The van der Waals surface area contributed by atoms with Crippen LogP contribution in [0.15, 0.2) is 53.4 Å². The monoisotopic (exact) mass is 473 g/mol. The summed E-state index contributed by atoms with van der Waals surface area (Å²) in [6, 6.07) is 13.9. The van der Waals surface area contributed by atoms with Gasteiger partial charge in [-0.2, -0.15) is 4.31 Å². The maximum absolute atomic E-state index is 13.1. The third kappa shape index (κ3) is 5.63. The van der Waals surface area contributed by atoms with E-state index in [0.29, 0.717) is 24.7 Å². The lowest BCUT2D eigenvalue weighted by molar-refractivity contribution is -0.133. The number of benzene rings is 2. The van der Waals surface area contributed by atoms with Crippen LogP contribution in [-0.2, 0) is 26.0 Å². The number of ether oxygens (including phenoxy) is 2. The van der Waals surface area contributed by atoms with Gasteiger partial charge in [-0.15, -0.1) is 0 Å². The van der Waals surface area contributed by atoms with Gasteiger partial charge in [0.05, 0.1) is 31.1 Å². The fourth-order valence-electron chi connectivity index (χ4n) is 3.76. The Morgan fingerprint density at radius 1 is 0.909 bits per heavy atom. The number of hydrogen-bond acceptors (Lipinski definition) is 6. The van der Waals surface area contributed by atoms with Crippen molar-refractivity contribution in [2.75, 3.05) is 45.9 Å². The Kier molecular flexibility index (Phi) is 7.14. The molecule has 0 radical (unpaired) electrons. The van der Waals surface area contributed by atoms with Crippen LogP contribution in [-0.4, -0.2) is 75.4 Å². The van der Waals surface area contributed by atoms with Crippen LogP contribution in [0.3, 0.4) is 0 Å². The lowest BCUT2D eigenvalue weighted by atomic mass is 10.1. The Morgan fingerprint density at radius 3 is 2.33 bits per heavy atom. The summed E-state index contributed by atoms with van der Waals surface area (Å²) >= 11 is 0. The van der Waals surface area contributed by atoms with E-state index in [1.54, 1.807) is 11.0 Å². The van der Waals surface area contributed by atoms with Gasteiger partial charge in [0.1, 0.15) is 0 Å². The SMILES string of the molecule is O=C(Cc1ccccc1)NCC(=O)N1CCN(S(=O)(=O)c2ccc3c(c2)OCCCO3)CC1. The number of hydrogen-bond donors (Lipinski definition) is 1. The predicted octanol–water partition coefficient (Wildman–Crippen LogP) is 1.04. The normalized spacial score (nSPS) is 16.7. The third-order valence-corrected chi connectivity index (χ3v) is 7.49. The summed E-state index contributed by atoms with van der Waals surface area (Å²) in [5, 5.41) is 2.64. The summed E-state index contributed by atoms with van der Waals surface area (Å²) in [7, 11) is -3.73. The smallest absolute Gasteiger partial charge is 0.243 e. The first kappa shape index (κ1) is 23.1.